The van der Waals surface area contributed by atoms with Gasteiger partial charge in [-0.2, -0.15) is 5.10 Å². The van der Waals surface area contributed by atoms with Crippen LogP contribution in [0.5, 0.6) is 0 Å². The van der Waals surface area contributed by atoms with E-state index < -0.39 is 23.9 Å². The third-order valence-corrected chi connectivity index (χ3v) is 6.22. The number of thiazole rings is 1. The van der Waals surface area contributed by atoms with Crippen molar-refractivity contribution in [1.29, 1.82) is 0 Å². The van der Waals surface area contributed by atoms with Crippen LogP contribution in [0.3, 0.4) is 0 Å². The second-order valence-corrected chi connectivity index (χ2v) is 8.45. The zero-order valence-electron chi connectivity index (χ0n) is 16.9. The molecule has 1 amide bonds. The van der Waals surface area contributed by atoms with Crippen molar-refractivity contribution in [1.82, 2.24) is 14.8 Å². The van der Waals surface area contributed by atoms with E-state index in [1.807, 2.05) is 4.90 Å². The van der Waals surface area contributed by atoms with E-state index in [2.05, 4.69) is 15.4 Å². The molecule has 2 aromatic heterocycles. The van der Waals surface area contributed by atoms with Crippen molar-refractivity contribution in [2.75, 3.05) is 29.0 Å². The second kappa shape index (κ2) is 8.60. The molecule has 1 aromatic carbocycles. The van der Waals surface area contributed by atoms with Gasteiger partial charge in [-0.3, -0.25) is 9.48 Å². The highest BCUT2D eigenvalue weighted by atomic mass is 32.1. The van der Waals surface area contributed by atoms with Crippen LogP contribution in [0.1, 0.15) is 23.3 Å². The van der Waals surface area contributed by atoms with E-state index in [1.165, 1.54) is 12.3 Å². The molecule has 0 bridgehead atoms. The summed E-state index contributed by atoms with van der Waals surface area (Å²) < 4.78 is 29.7. The molecule has 1 saturated heterocycles. The smallest absolute Gasteiger partial charge is 0.277 e. The number of nitrogens with two attached hydrogens (primary N) is 2. The molecule has 1 aliphatic heterocycles. The molecule has 1 aliphatic rings. The van der Waals surface area contributed by atoms with Gasteiger partial charge in [-0.1, -0.05) is 23.5 Å². The highest BCUT2D eigenvalue weighted by Crippen LogP contribution is 2.33. The number of rotatable bonds is 4. The van der Waals surface area contributed by atoms with Gasteiger partial charge in [0.2, 0.25) is 0 Å². The topological polar surface area (TPSA) is 115 Å². The lowest BCUT2D eigenvalue weighted by Crippen LogP contribution is -2.31. The number of benzene rings is 1. The minimum absolute atomic E-state index is 0.0137. The Balaban J connectivity index is 1.57. The summed E-state index contributed by atoms with van der Waals surface area (Å²) in [5.74, 6) is -0.318. The third kappa shape index (κ3) is 4.23. The van der Waals surface area contributed by atoms with E-state index in [0.717, 1.165) is 11.3 Å². The number of halogens is 2. The summed E-state index contributed by atoms with van der Waals surface area (Å²) in [7, 11) is 1.75. The van der Waals surface area contributed by atoms with Gasteiger partial charge in [0.15, 0.2) is 11.5 Å². The van der Waals surface area contributed by atoms with E-state index in [1.54, 1.807) is 29.9 Å². The number of aromatic nitrogens is 3. The Hall–Kier alpha value is -3.05. The van der Waals surface area contributed by atoms with Gasteiger partial charge in [0.25, 0.3) is 5.91 Å². The van der Waals surface area contributed by atoms with Crippen LogP contribution in [0.2, 0.25) is 0 Å². The van der Waals surface area contributed by atoms with Gasteiger partial charge in [-0.05, 0) is 25.0 Å². The lowest BCUT2D eigenvalue weighted by Gasteiger charge is -2.24. The third-order valence-electron chi connectivity index (χ3n) is 5.30. The van der Waals surface area contributed by atoms with Crippen LogP contribution in [-0.2, 0) is 7.05 Å². The van der Waals surface area contributed by atoms with Gasteiger partial charge >= 0.3 is 0 Å². The zero-order valence-corrected chi connectivity index (χ0v) is 17.7. The van der Waals surface area contributed by atoms with Crippen LogP contribution in [0.15, 0.2) is 30.5 Å². The van der Waals surface area contributed by atoms with Crippen LogP contribution < -0.4 is 21.7 Å². The lowest BCUT2D eigenvalue weighted by molar-refractivity contribution is 0.102. The highest BCUT2D eigenvalue weighted by molar-refractivity contribution is 7.19. The molecule has 31 heavy (non-hydrogen) atoms. The van der Waals surface area contributed by atoms with Crippen molar-refractivity contribution in [2.24, 2.45) is 12.8 Å². The van der Waals surface area contributed by atoms with Crippen LogP contribution in [0.4, 0.5) is 25.3 Å². The quantitative estimate of drug-likeness (QED) is 0.567. The fourth-order valence-corrected chi connectivity index (χ4v) is 4.48. The second-order valence-electron chi connectivity index (χ2n) is 7.42. The van der Waals surface area contributed by atoms with Crippen molar-refractivity contribution < 1.29 is 13.6 Å². The molecular formula is C20H23F2N7OS. The number of hydrogen-bond donors (Lipinski definition) is 3. The van der Waals surface area contributed by atoms with Gasteiger partial charge in [-0.15, -0.1) is 0 Å². The molecule has 11 heteroatoms. The summed E-state index contributed by atoms with van der Waals surface area (Å²) in [5.41, 5.74) is 12.6. The Morgan fingerprint density at radius 3 is 2.81 bits per heavy atom. The average molecular weight is 448 g/mol. The number of nitrogen functional groups attached to an aromatic ring is 1. The van der Waals surface area contributed by atoms with Gasteiger partial charge < -0.3 is 21.7 Å². The van der Waals surface area contributed by atoms with E-state index in [9.17, 15) is 13.6 Å². The molecule has 3 aromatic rings. The maximum Gasteiger partial charge on any atom is 0.277 e. The minimum atomic E-state index is -1.07. The number of hydrogen-bond acceptors (Lipinski definition) is 7. The predicted octanol–water partition coefficient (Wildman–Crippen LogP) is 2.78. The standard InChI is InChI=1S/C20H23F2N7OS/c1-28-20(29-8-6-13(22)14(23)7-9-29)15(10-25-28)26-18(30)16-17(24)31-19(27-16)11-4-2-3-5-12(11)21/h2-5,10,13-14H,6-9,23-24H2,1H3,(H,26,30). The number of nitrogens with zero attached hydrogens (tertiary/aromatic N) is 4. The Kier molecular flexibility index (Phi) is 5.88. The first-order valence-electron chi connectivity index (χ1n) is 9.84. The van der Waals surface area contributed by atoms with Crippen molar-refractivity contribution in [3.8, 4) is 10.6 Å². The molecule has 4 rings (SSSR count). The summed E-state index contributed by atoms with van der Waals surface area (Å²) in [6, 6.07) is 5.66. The van der Waals surface area contributed by atoms with Gasteiger partial charge in [-0.25, -0.2) is 13.8 Å². The maximum atomic E-state index is 14.1. The number of carbonyl (C=O) groups is 1. The summed E-state index contributed by atoms with van der Waals surface area (Å²) >= 11 is 1.04. The van der Waals surface area contributed by atoms with E-state index in [-0.39, 0.29) is 16.3 Å². The van der Waals surface area contributed by atoms with Crippen LogP contribution in [-0.4, -0.2) is 46.0 Å². The molecule has 2 atom stereocenters. The minimum Gasteiger partial charge on any atom is -0.389 e. The fourth-order valence-electron chi connectivity index (χ4n) is 3.62. The molecule has 0 radical (unpaired) electrons. The maximum absolute atomic E-state index is 14.1. The Labute approximate surface area is 181 Å². The molecule has 8 nitrogen and oxygen atoms in total. The first-order valence-corrected chi connectivity index (χ1v) is 10.7. The Morgan fingerprint density at radius 2 is 2.03 bits per heavy atom. The lowest BCUT2D eigenvalue weighted by atomic mass is 10.1. The van der Waals surface area contributed by atoms with Crippen LogP contribution in [0, 0.1) is 5.82 Å². The summed E-state index contributed by atoms with van der Waals surface area (Å²) in [6.45, 7) is 0.994. The molecule has 3 heterocycles. The van der Waals surface area contributed by atoms with Crippen molar-refractivity contribution in [2.45, 2.75) is 25.1 Å². The number of anilines is 3. The van der Waals surface area contributed by atoms with Crippen molar-refractivity contribution in [3.05, 3.63) is 42.0 Å². The van der Waals surface area contributed by atoms with E-state index >= 15 is 0 Å². The Bertz CT molecular complexity index is 1090. The Morgan fingerprint density at radius 1 is 1.29 bits per heavy atom. The summed E-state index contributed by atoms with van der Waals surface area (Å²) in [6.07, 6.45) is 1.24. The SMILES string of the molecule is Cn1ncc(NC(=O)c2nc(-c3ccccc3F)sc2N)c1N1CCC(N)C(F)CC1. The molecular weight excluding hydrogens is 424 g/mol. The van der Waals surface area contributed by atoms with E-state index in [0.29, 0.717) is 42.4 Å². The molecule has 164 valence electrons. The van der Waals surface area contributed by atoms with Gasteiger partial charge in [0.1, 0.15) is 27.7 Å². The zero-order chi connectivity index (χ0) is 22.1. The van der Waals surface area contributed by atoms with Gasteiger partial charge in [0.05, 0.1) is 6.20 Å². The van der Waals surface area contributed by atoms with Gasteiger partial charge in [0, 0.05) is 31.7 Å². The first-order chi connectivity index (χ1) is 14.8. The van der Waals surface area contributed by atoms with Crippen LogP contribution >= 0.6 is 11.3 Å². The fraction of sp³-hybridized carbons (Fsp3) is 0.350. The number of nitrogens with one attached hydrogen (secondary N) is 1. The normalized spacial score (nSPS) is 19.3. The monoisotopic (exact) mass is 447 g/mol. The molecule has 1 fully saturated rings. The highest BCUT2D eigenvalue weighted by Gasteiger charge is 2.27. The average Bonchev–Trinajstić information content (AvgIpc) is 3.25. The summed E-state index contributed by atoms with van der Waals surface area (Å²) in [5, 5.41) is 7.52. The molecule has 0 aliphatic carbocycles. The molecule has 0 spiro atoms. The van der Waals surface area contributed by atoms with Crippen LogP contribution in [0.25, 0.3) is 10.6 Å². The number of carbonyl (C=O) groups excluding carboxylic acids is 1. The largest absolute Gasteiger partial charge is 0.389 e. The number of amides is 1. The molecule has 0 saturated carbocycles. The molecule has 5 N–H and O–H groups in total. The van der Waals surface area contributed by atoms with Crippen molar-refractivity contribution in [3.63, 3.8) is 0 Å². The summed E-state index contributed by atoms with van der Waals surface area (Å²) in [4.78, 5) is 19.1. The molecule has 2 unspecified atom stereocenters. The first kappa shape index (κ1) is 21.2. The van der Waals surface area contributed by atoms with E-state index in [4.69, 9.17) is 11.5 Å². The van der Waals surface area contributed by atoms with Crippen molar-refractivity contribution >= 4 is 33.8 Å². The predicted molar refractivity (Wildman–Crippen MR) is 117 cm³/mol. The number of aryl methyl sites for hydroxylation is 1. The number of alkyl halides is 1.